The van der Waals surface area contributed by atoms with Gasteiger partial charge < -0.3 is 15.3 Å². The van der Waals surface area contributed by atoms with E-state index in [0.717, 1.165) is 38.5 Å². The monoisotopic (exact) mass is 342 g/mol. The summed E-state index contributed by atoms with van der Waals surface area (Å²) < 4.78 is 0. The Kier molecular flexibility index (Phi) is 10.6. The van der Waals surface area contributed by atoms with Crippen LogP contribution in [0.3, 0.4) is 0 Å². The first-order valence-electron chi connectivity index (χ1n) is 10.0. The first kappa shape index (κ1) is 21.4. The summed E-state index contributed by atoms with van der Waals surface area (Å²) in [5.74, 6) is 0.175. The van der Waals surface area contributed by atoms with Gasteiger partial charge in [-0.1, -0.05) is 65.2 Å². The van der Waals surface area contributed by atoms with E-state index in [2.05, 4.69) is 13.8 Å². The zero-order valence-electron chi connectivity index (χ0n) is 15.6. The van der Waals surface area contributed by atoms with Crippen LogP contribution in [-0.4, -0.2) is 33.5 Å². The van der Waals surface area contributed by atoms with Gasteiger partial charge in [0.25, 0.3) is 0 Å². The highest BCUT2D eigenvalue weighted by atomic mass is 16.4. The average Bonchev–Trinajstić information content (AvgIpc) is 2.80. The van der Waals surface area contributed by atoms with E-state index >= 15 is 0 Å². The fourth-order valence-electron chi connectivity index (χ4n) is 4.40. The van der Waals surface area contributed by atoms with E-state index in [1.807, 2.05) is 0 Å². The Hall–Kier alpha value is -0.610. The summed E-state index contributed by atoms with van der Waals surface area (Å²) in [7, 11) is 0. The second-order valence-corrected chi connectivity index (χ2v) is 7.78. The third kappa shape index (κ3) is 7.52. The maximum Gasteiger partial charge on any atom is 0.303 e. The van der Waals surface area contributed by atoms with Crippen molar-refractivity contribution in [3.8, 4) is 0 Å². The van der Waals surface area contributed by atoms with Crippen molar-refractivity contribution in [1.82, 2.24) is 0 Å². The summed E-state index contributed by atoms with van der Waals surface area (Å²) in [6, 6.07) is 0. The smallest absolute Gasteiger partial charge is 0.303 e. The lowest BCUT2D eigenvalue weighted by molar-refractivity contribution is -0.137. The SMILES string of the molecule is CCCCCCC(C)[C@H]1[C@@H](CCCCCCC(=O)O)[C@@H](O)C[C@H]1O. The van der Waals surface area contributed by atoms with Crippen molar-refractivity contribution in [3.05, 3.63) is 0 Å². The Morgan fingerprint density at radius 1 is 1.00 bits per heavy atom. The summed E-state index contributed by atoms with van der Waals surface area (Å²) in [6.07, 6.45) is 10.9. The third-order valence-electron chi connectivity index (χ3n) is 5.76. The maximum atomic E-state index is 10.5. The standard InChI is InChI=1S/C20H38O4/c1-3-4-5-8-11-15(2)20-16(17(21)14-18(20)22)12-9-6-7-10-13-19(23)24/h15-18,20-22H,3-14H2,1-2H3,(H,23,24)/t15?,16-,17-,18+,20-/m0/s1. The molecule has 1 saturated carbocycles. The molecule has 4 heteroatoms. The number of carboxylic acid groups (broad SMARTS) is 1. The number of unbranched alkanes of at least 4 members (excludes halogenated alkanes) is 6. The second kappa shape index (κ2) is 11.9. The van der Waals surface area contributed by atoms with Gasteiger partial charge in [-0.05, 0) is 37.0 Å². The van der Waals surface area contributed by atoms with Crippen molar-refractivity contribution < 1.29 is 20.1 Å². The zero-order chi connectivity index (χ0) is 17.9. The second-order valence-electron chi connectivity index (χ2n) is 7.78. The molecule has 0 aromatic carbocycles. The number of carboxylic acids is 1. The van der Waals surface area contributed by atoms with Crippen LogP contribution in [0.1, 0.15) is 90.9 Å². The van der Waals surface area contributed by atoms with E-state index in [4.69, 9.17) is 5.11 Å². The summed E-state index contributed by atoms with van der Waals surface area (Å²) in [5, 5.41) is 29.4. The summed E-state index contributed by atoms with van der Waals surface area (Å²) in [6.45, 7) is 4.45. The van der Waals surface area contributed by atoms with Crippen LogP contribution in [0.2, 0.25) is 0 Å². The number of hydrogen-bond donors (Lipinski definition) is 3. The van der Waals surface area contributed by atoms with Crippen LogP contribution in [0.15, 0.2) is 0 Å². The maximum absolute atomic E-state index is 10.5. The molecular weight excluding hydrogens is 304 g/mol. The Bertz CT molecular complexity index is 345. The predicted octanol–water partition coefficient (Wildman–Crippen LogP) is 4.38. The number of aliphatic carboxylic acids is 1. The van der Waals surface area contributed by atoms with Crippen molar-refractivity contribution in [2.45, 2.75) is 103 Å². The molecule has 0 amide bonds. The average molecular weight is 343 g/mol. The van der Waals surface area contributed by atoms with Gasteiger partial charge in [-0.2, -0.15) is 0 Å². The van der Waals surface area contributed by atoms with E-state index in [0.29, 0.717) is 12.3 Å². The highest BCUT2D eigenvalue weighted by molar-refractivity contribution is 5.66. The van der Waals surface area contributed by atoms with E-state index in [1.165, 1.54) is 25.7 Å². The van der Waals surface area contributed by atoms with Crippen molar-refractivity contribution >= 4 is 5.97 Å². The van der Waals surface area contributed by atoms with Crippen LogP contribution < -0.4 is 0 Å². The van der Waals surface area contributed by atoms with Crippen molar-refractivity contribution in [2.75, 3.05) is 0 Å². The number of aliphatic hydroxyl groups excluding tert-OH is 2. The third-order valence-corrected chi connectivity index (χ3v) is 5.76. The van der Waals surface area contributed by atoms with Crippen LogP contribution in [0.5, 0.6) is 0 Å². The van der Waals surface area contributed by atoms with Gasteiger partial charge >= 0.3 is 5.97 Å². The lowest BCUT2D eigenvalue weighted by Gasteiger charge is -2.29. The fraction of sp³-hybridized carbons (Fsp3) is 0.950. The van der Waals surface area contributed by atoms with E-state index in [-0.39, 0.29) is 30.5 Å². The van der Waals surface area contributed by atoms with E-state index < -0.39 is 5.97 Å². The zero-order valence-corrected chi connectivity index (χ0v) is 15.6. The minimum atomic E-state index is -0.721. The first-order valence-corrected chi connectivity index (χ1v) is 10.0. The molecule has 1 fully saturated rings. The highest BCUT2D eigenvalue weighted by Crippen LogP contribution is 2.42. The molecule has 142 valence electrons. The molecule has 3 N–H and O–H groups in total. The molecule has 0 aliphatic heterocycles. The lowest BCUT2D eigenvalue weighted by atomic mass is 9.78. The lowest BCUT2D eigenvalue weighted by Crippen LogP contribution is -2.28. The van der Waals surface area contributed by atoms with Gasteiger partial charge in [-0.15, -0.1) is 0 Å². The van der Waals surface area contributed by atoms with Crippen LogP contribution in [-0.2, 0) is 4.79 Å². The molecule has 1 aliphatic carbocycles. The molecule has 5 atom stereocenters. The largest absolute Gasteiger partial charge is 0.481 e. The molecule has 0 heterocycles. The summed E-state index contributed by atoms with van der Waals surface area (Å²) >= 11 is 0. The first-order chi connectivity index (χ1) is 11.5. The van der Waals surface area contributed by atoms with Crippen molar-refractivity contribution in [1.29, 1.82) is 0 Å². The minimum absolute atomic E-state index is 0.209. The molecule has 4 nitrogen and oxygen atoms in total. The fourth-order valence-corrected chi connectivity index (χ4v) is 4.40. The summed E-state index contributed by atoms with van der Waals surface area (Å²) in [5.41, 5.74) is 0. The molecular formula is C20H38O4. The topological polar surface area (TPSA) is 77.8 Å². The number of hydrogen-bond acceptors (Lipinski definition) is 3. The molecule has 1 rings (SSSR count). The molecule has 1 unspecified atom stereocenters. The van der Waals surface area contributed by atoms with Crippen molar-refractivity contribution in [2.24, 2.45) is 17.8 Å². The van der Waals surface area contributed by atoms with Crippen LogP contribution >= 0.6 is 0 Å². The molecule has 0 bridgehead atoms. The normalized spacial score (nSPS) is 28.2. The molecule has 0 saturated heterocycles. The number of carbonyl (C=O) groups is 1. The van der Waals surface area contributed by atoms with Crippen LogP contribution in [0.4, 0.5) is 0 Å². The van der Waals surface area contributed by atoms with Gasteiger partial charge in [-0.3, -0.25) is 4.79 Å². The Morgan fingerprint density at radius 3 is 2.33 bits per heavy atom. The van der Waals surface area contributed by atoms with E-state index in [1.54, 1.807) is 0 Å². The van der Waals surface area contributed by atoms with Gasteiger partial charge in [0.2, 0.25) is 0 Å². The quantitative estimate of drug-likeness (QED) is 0.434. The Labute approximate surface area is 147 Å². The van der Waals surface area contributed by atoms with Crippen LogP contribution in [0.25, 0.3) is 0 Å². The minimum Gasteiger partial charge on any atom is -0.481 e. The van der Waals surface area contributed by atoms with Gasteiger partial charge in [-0.25, -0.2) is 0 Å². The molecule has 0 aromatic heterocycles. The molecule has 24 heavy (non-hydrogen) atoms. The number of rotatable bonds is 13. The molecule has 0 spiro atoms. The number of aliphatic hydroxyl groups is 2. The summed E-state index contributed by atoms with van der Waals surface area (Å²) in [4.78, 5) is 10.5. The van der Waals surface area contributed by atoms with Gasteiger partial charge in [0, 0.05) is 6.42 Å². The Morgan fingerprint density at radius 2 is 1.67 bits per heavy atom. The Balaban J connectivity index is 2.34. The molecule has 0 aromatic rings. The molecule has 0 radical (unpaired) electrons. The van der Waals surface area contributed by atoms with Gasteiger partial charge in [0.15, 0.2) is 0 Å². The van der Waals surface area contributed by atoms with Gasteiger partial charge in [0.05, 0.1) is 12.2 Å². The van der Waals surface area contributed by atoms with Crippen LogP contribution in [0, 0.1) is 17.8 Å². The van der Waals surface area contributed by atoms with E-state index in [9.17, 15) is 15.0 Å². The predicted molar refractivity (Wildman–Crippen MR) is 96.9 cm³/mol. The van der Waals surface area contributed by atoms with Gasteiger partial charge in [0.1, 0.15) is 0 Å². The van der Waals surface area contributed by atoms with Crippen molar-refractivity contribution in [3.63, 3.8) is 0 Å². The highest BCUT2D eigenvalue weighted by Gasteiger charge is 2.43. The molecule has 1 aliphatic rings.